The highest BCUT2D eigenvalue weighted by Crippen LogP contribution is 2.24. The maximum absolute atomic E-state index is 13.0. The van der Waals surface area contributed by atoms with Gasteiger partial charge in [0.15, 0.2) is 0 Å². The molecule has 160 valence electrons. The number of nitrogens with zero attached hydrogens (tertiary/aromatic N) is 2. The first-order valence-corrected chi connectivity index (χ1v) is 10.4. The molecule has 0 atom stereocenters. The Morgan fingerprint density at radius 2 is 1.59 bits per heavy atom. The second-order valence-electron chi connectivity index (χ2n) is 7.67. The molecule has 1 N–H and O–H groups in total. The van der Waals surface area contributed by atoms with Crippen LogP contribution < -0.4 is 5.43 Å². The summed E-state index contributed by atoms with van der Waals surface area (Å²) >= 11 is 0. The molecule has 32 heavy (non-hydrogen) atoms. The minimum atomic E-state index is -0.322. The summed E-state index contributed by atoms with van der Waals surface area (Å²) in [6.45, 7) is 4.07. The molecule has 4 aromatic rings. The maximum Gasteiger partial charge on any atom is 0.244 e. The van der Waals surface area contributed by atoms with Crippen LogP contribution in [0.15, 0.2) is 90.0 Å². The lowest BCUT2D eigenvalue weighted by Crippen LogP contribution is -2.19. The highest BCUT2D eigenvalue weighted by molar-refractivity contribution is 5.85. The molecule has 0 unspecified atom stereocenters. The van der Waals surface area contributed by atoms with Crippen molar-refractivity contribution in [1.29, 1.82) is 0 Å². The zero-order chi connectivity index (χ0) is 22.5. The first-order chi connectivity index (χ1) is 15.5. The van der Waals surface area contributed by atoms with Crippen LogP contribution in [0.1, 0.15) is 22.5 Å². The van der Waals surface area contributed by atoms with Gasteiger partial charge in [0.2, 0.25) is 5.91 Å². The van der Waals surface area contributed by atoms with E-state index in [0.717, 1.165) is 28.2 Å². The fourth-order valence-electron chi connectivity index (χ4n) is 3.75. The van der Waals surface area contributed by atoms with Crippen molar-refractivity contribution in [1.82, 2.24) is 9.99 Å². The van der Waals surface area contributed by atoms with Crippen LogP contribution in [-0.2, 0) is 11.2 Å². The molecule has 4 nitrogen and oxygen atoms in total. The Labute approximate surface area is 187 Å². The van der Waals surface area contributed by atoms with Crippen LogP contribution in [0.25, 0.3) is 16.8 Å². The number of carbonyl (C=O) groups excluding carboxylic acids is 1. The predicted molar refractivity (Wildman–Crippen MR) is 127 cm³/mol. The van der Waals surface area contributed by atoms with E-state index in [9.17, 15) is 9.18 Å². The van der Waals surface area contributed by atoms with Crippen molar-refractivity contribution in [3.8, 4) is 16.8 Å². The Bertz CT molecular complexity index is 1240. The van der Waals surface area contributed by atoms with Crippen LogP contribution in [0, 0.1) is 19.7 Å². The fourth-order valence-corrected chi connectivity index (χ4v) is 3.75. The smallest absolute Gasteiger partial charge is 0.244 e. The van der Waals surface area contributed by atoms with Crippen molar-refractivity contribution in [2.45, 2.75) is 20.3 Å². The number of halogens is 1. The summed E-state index contributed by atoms with van der Waals surface area (Å²) in [4.78, 5) is 12.1. The van der Waals surface area contributed by atoms with E-state index in [4.69, 9.17) is 0 Å². The van der Waals surface area contributed by atoms with Crippen molar-refractivity contribution in [3.05, 3.63) is 113 Å². The number of rotatable bonds is 6. The third-order valence-electron chi connectivity index (χ3n) is 5.37. The lowest BCUT2D eigenvalue weighted by molar-refractivity contribution is -0.120. The van der Waals surface area contributed by atoms with E-state index in [2.05, 4.69) is 51.5 Å². The van der Waals surface area contributed by atoms with Crippen molar-refractivity contribution in [3.63, 3.8) is 0 Å². The number of hydrogen-bond donors (Lipinski definition) is 1. The third kappa shape index (κ3) is 4.83. The van der Waals surface area contributed by atoms with Crippen LogP contribution in [-0.4, -0.2) is 16.7 Å². The zero-order valence-electron chi connectivity index (χ0n) is 18.0. The standard InChI is InChI=1S/C27H24FN3O/c1-19-16-24(18-29-30-27(32)17-21-8-12-25(28)13-9-21)20(2)31(19)26-14-10-23(11-15-26)22-6-4-3-5-7-22/h3-16,18H,17H2,1-2H3,(H,30,32)/b29-18-. The maximum atomic E-state index is 13.0. The molecule has 1 aromatic heterocycles. The molecule has 0 saturated carbocycles. The van der Waals surface area contributed by atoms with Gasteiger partial charge in [0.05, 0.1) is 12.6 Å². The molecule has 0 radical (unpaired) electrons. The lowest BCUT2D eigenvalue weighted by Gasteiger charge is -2.11. The number of amides is 1. The van der Waals surface area contributed by atoms with Gasteiger partial charge in [0, 0.05) is 22.6 Å². The SMILES string of the molecule is Cc1cc(/C=N\NC(=O)Cc2ccc(F)cc2)c(C)n1-c1ccc(-c2ccccc2)cc1. The summed E-state index contributed by atoms with van der Waals surface area (Å²) in [5.41, 5.74) is 9.74. The van der Waals surface area contributed by atoms with Crippen molar-refractivity contribution in [2.24, 2.45) is 5.10 Å². The molecule has 0 fully saturated rings. The summed E-state index contributed by atoms with van der Waals surface area (Å²) in [5, 5.41) is 4.11. The van der Waals surface area contributed by atoms with Gasteiger partial charge in [-0.25, -0.2) is 9.82 Å². The molecule has 0 aliphatic rings. The second-order valence-corrected chi connectivity index (χ2v) is 7.67. The van der Waals surface area contributed by atoms with Gasteiger partial charge in [-0.3, -0.25) is 4.79 Å². The molecule has 3 aromatic carbocycles. The summed E-state index contributed by atoms with van der Waals surface area (Å²) in [5.74, 6) is -0.574. The number of nitrogens with one attached hydrogen (secondary N) is 1. The molecule has 4 rings (SSSR count). The van der Waals surface area contributed by atoms with Gasteiger partial charge in [-0.15, -0.1) is 0 Å². The quantitative estimate of drug-likeness (QED) is 0.318. The predicted octanol–water partition coefficient (Wildman–Crippen LogP) is 5.59. The number of hydrogen-bond acceptors (Lipinski definition) is 2. The first kappa shape index (κ1) is 21.2. The van der Waals surface area contributed by atoms with E-state index in [1.54, 1.807) is 18.3 Å². The van der Waals surface area contributed by atoms with Gasteiger partial charge < -0.3 is 4.57 Å². The Kier molecular flexibility index (Phi) is 6.26. The van der Waals surface area contributed by atoms with E-state index in [0.29, 0.717) is 0 Å². The van der Waals surface area contributed by atoms with Crippen LogP contribution in [0.5, 0.6) is 0 Å². The van der Waals surface area contributed by atoms with E-state index in [-0.39, 0.29) is 18.1 Å². The minimum absolute atomic E-state index is 0.143. The van der Waals surface area contributed by atoms with Gasteiger partial charge in [0.1, 0.15) is 5.82 Å². The largest absolute Gasteiger partial charge is 0.318 e. The zero-order valence-corrected chi connectivity index (χ0v) is 18.0. The van der Waals surface area contributed by atoms with E-state index >= 15 is 0 Å². The molecule has 1 heterocycles. The summed E-state index contributed by atoms with van der Waals surface area (Å²) in [6, 6.07) is 26.6. The molecular weight excluding hydrogens is 401 g/mol. The fraction of sp³-hybridized carbons (Fsp3) is 0.111. The Hall–Kier alpha value is -3.99. The molecule has 0 bridgehead atoms. The average Bonchev–Trinajstić information content (AvgIpc) is 3.09. The van der Waals surface area contributed by atoms with Crippen LogP contribution in [0.3, 0.4) is 0 Å². The van der Waals surface area contributed by atoms with E-state index < -0.39 is 0 Å². The van der Waals surface area contributed by atoms with Gasteiger partial charge in [-0.1, -0.05) is 54.6 Å². The Balaban J connectivity index is 1.45. The molecule has 0 aliphatic heterocycles. The summed E-state index contributed by atoms with van der Waals surface area (Å²) < 4.78 is 15.1. The lowest BCUT2D eigenvalue weighted by atomic mass is 10.1. The summed E-state index contributed by atoms with van der Waals surface area (Å²) in [6.07, 6.45) is 1.80. The van der Waals surface area contributed by atoms with Crippen LogP contribution in [0.4, 0.5) is 4.39 Å². The van der Waals surface area contributed by atoms with Crippen molar-refractivity contribution < 1.29 is 9.18 Å². The van der Waals surface area contributed by atoms with Gasteiger partial charge in [0.25, 0.3) is 0 Å². The Morgan fingerprint density at radius 1 is 0.938 bits per heavy atom. The molecular formula is C27H24FN3O. The van der Waals surface area contributed by atoms with Gasteiger partial charge in [-0.05, 0) is 60.9 Å². The van der Waals surface area contributed by atoms with Crippen molar-refractivity contribution in [2.75, 3.05) is 0 Å². The van der Waals surface area contributed by atoms with Gasteiger partial charge in [-0.2, -0.15) is 5.10 Å². The Morgan fingerprint density at radius 3 is 2.28 bits per heavy atom. The average molecular weight is 426 g/mol. The second kappa shape index (κ2) is 9.43. The van der Waals surface area contributed by atoms with Crippen LogP contribution in [0.2, 0.25) is 0 Å². The number of aryl methyl sites for hydroxylation is 1. The van der Waals surface area contributed by atoms with Crippen molar-refractivity contribution >= 4 is 12.1 Å². The normalized spacial score (nSPS) is 11.1. The molecule has 1 amide bonds. The monoisotopic (exact) mass is 425 g/mol. The van der Waals surface area contributed by atoms with E-state index in [1.165, 1.54) is 23.3 Å². The minimum Gasteiger partial charge on any atom is -0.318 e. The molecule has 0 saturated heterocycles. The number of aromatic nitrogens is 1. The topological polar surface area (TPSA) is 46.4 Å². The number of hydrazone groups is 1. The highest BCUT2D eigenvalue weighted by Gasteiger charge is 2.10. The van der Waals surface area contributed by atoms with E-state index in [1.807, 2.05) is 38.1 Å². The molecule has 5 heteroatoms. The van der Waals surface area contributed by atoms with Crippen LogP contribution >= 0.6 is 0 Å². The first-order valence-electron chi connectivity index (χ1n) is 10.4. The molecule has 0 spiro atoms. The number of benzene rings is 3. The van der Waals surface area contributed by atoms with Gasteiger partial charge >= 0.3 is 0 Å². The molecule has 0 aliphatic carbocycles. The summed E-state index contributed by atoms with van der Waals surface area (Å²) in [7, 11) is 0. The highest BCUT2D eigenvalue weighted by atomic mass is 19.1. The third-order valence-corrected chi connectivity index (χ3v) is 5.37. The number of carbonyl (C=O) groups is 1.